The van der Waals surface area contributed by atoms with Crippen LogP contribution in [-0.2, 0) is 10.0 Å². The number of nitrogens with one attached hydrogen (secondary N) is 1. The lowest BCUT2D eigenvalue weighted by atomic mass is 9.65. The van der Waals surface area contributed by atoms with Gasteiger partial charge in [0.15, 0.2) is 5.69 Å². The fraction of sp³-hybridized carbons (Fsp3) is 0.400. The molecule has 11 nitrogen and oxygen atoms in total. The number of nitrogens with zero attached hydrogens (tertiary/aromatic N) is 4. The predicted octanol–water partition coefficient (Wildman–Crippen LogP) is 5.30. The van der Waals surface area contributed by atoms with E-state index < -0.39 is 20.9 Å². The van der Waals surface area contributed by atoms with Gasteiger partial charge in [-0.05, 0) is 60.4 Å². The van der Waals surface area contributed by atoms with E-state index in [4.69, 9.17) is 0 Å². The largest absolute Gasteiger partial charge is 0.493 e. The molecule has 2 aliphatic rings. The molecule has 3 aromatic rings. The zero-order valence-electron chi connectivity index (χ0n) is 20.6. The molecular weight excluding hydrogens is 498 g/mol. The molecule has 5 rings (SSSR count). The van der Waals surface area contributed by atoms with Crippen molar-refractivity contribution in [1.29, 1.82) is 0 Å². The van der Waals surface area contributed by atoms with E-state index in [2.05, 4.69) is 36.0 Å². The Hall–Kier alpha value is -3.64. The van der Waals surface area contributed by atoms with Crippen LogP contribution < -0.4 is 0 Å². The lowest BCUT2D eigenvalue weighted by Gasteiger charge is -2.39. The van der Waals surface area contributed by atoms with E-state index in [0.717, 1.165) is 19.3 Å². The Labute approximate surface area is 213 Å². The van der Waals surface area contributed by atoms with Gasteiger partial charge in [0.1, 0.15) is 0 Å². The lowest BCUT2D eigenvalue weighted by Crippen LogP contribution is -2.37. The van der Waals surface area contributed by atoms with Crippen molar-refractivity contribution >= 4 is 38.2 Å². The number of amides is 1. The minimum absolute atomic E-state index is 0.0477. The summed E-state index contributed by atoms with van der Waals surface area (Å²) in [5, 5.41) is 28.9. The Morgan fingerprint density at radius 2 is 1.86 bits per heavy atom. The number of carbonyl (C=O) groups excluding carboxylic acids is 1. The highest BCUT2D eigenvalue weighted by atomic mass is 32.2. The predicted molar refractivity (Wildman–Crippen MR) is 135 cm³/mol. The Morgan fingerprint density at radius 3 is 2.54 bits per heavy atom. The average molecular weight is 526 g/mol. The van der Waals surface area contributed by atoms with Gasteiger partial charge in [-0.2, -0.15) is 4.31 Å². The smallest absolute Gasteiger partial charge is 0.295 e. The molecule has 0 radical (unpaired) electrons. The zero-order valence-corrected chi connectivity index (χ0v) is 21.4. The molecule has 2 atom stereocenters. The maximum Gasteiger partial charge on any atom is 0.295 e. The number of benzene rings is 2. The molecule has 2 N–H and O–H groups in total. The highest BCUT2D eigenvalue weighted by Crippen LogP contribution is 2.53. The van der Waals surface area contributed by atoms with Gasteiger partial charge in [0.2, 0.25) is 15.9 Å². The molecule has 1 saturated heterocycles. The first kappa shape index (κ1) is 25.0. The Morgan fingerprint density at radius 1 is 1.16 bits per heavy atom. The van der Waals surface area contributed by atoms with Crippen LogP contribution in [0.2, 0.25) is 0 Å². The minimum atomic E-state index is -3.74. The van der Waals surface area contributed by atoms with Crippen LogP contribution in [0.5, 0.6) is 5.88 Å². The SMILES string of the molecule is CC1(C)CC2CC(C)(CN2S(=O)(=O)c2ccc(C(=O)N=Nc3c(O)[nH]c4ccc([N+](=O)[O-])cc34)cc2)C1. The number of aromatic amines is 1. The molecule has 2 unspecified atom stereocenters. The maximum atomic E-state index is 13.4. The number of sulfonamides is 1. The summed E-state index contributed by atoms with van der Waals surface area (Å²) in [6.07, 6.45) is 2.62. The number of H-pyrrole nitrogens is 1. The van der Waals surface area contributed by atoms with Gasteiger partial charge in [0, 0.05) is 35.7 Å². The lowest BCUT2D eigenvalue weighted by molar-refractivity contribution is -0.384. The Balaban J connectivity index is 1.36. The van der Waals surface area contributed by atoms with Crippen LogP contribution in [0.3, 0.4) is 0 Å². The van der Waals surface area contributed by atoms with Gasteiger partial charge in [-0.1, -0.05) is 20.8 Å². The molecule has 0 spiro atoms. The molecular formula is C25H27N5O6S. The second kappa shape index (κ2) is 8.45. The summed E-state index contributed by atoms with van der Waals surface area (Å²) in [6, 6.07) is 9.40. The number of azo groups is 1. The third kappa shape index (κ3) is 4.51. The van der Waals surface area contributed by atoms with E-state index in [1.165, 1.54) is 42.5 Å². The Bertz CT molecular complexity index is 1560. The van der Waals surface area contributed by atoms with E-state index in [-0.39, 0.29) is 50.0 Å². The number of hydrogen-bond acceptors (Lipinski definition) is 7. The second-order valence-corrected chi connectivity index (χ2v) is 13.0. The molecule has 194 valence electrons. The van der Waals surface area contributed by atoms with Crippen LogP contribution >= 0.6 is 0 Å². The zero-order chi connectivity index (χ0) is 26.8. The normalized spacial score (nSPS) is 23.6. The van der Waals surface area contributed by atoms with Crippen molar-refractivity contribution in [3.8, 4) is 5.88 Å². The molecule has 37 heavy (non-hydrogen) atoms. The van der Waals surface area contributed by atoms with Gasteiger partial charge in [0.05, 0.1) is 15.3 Å². The molecule has 2 bridgehead atoms. The van der Waals surface area contributed by atoms with Gasteiger partial charge < -0.3 is 10.1 Å². The maximum absolute atomic E-state index is 13.4. The highest BCUT2D eigenvalue weighted by molar-refractivity contribution is 7.89. The summed E-state index contributed by atoms with van der Waals surface area (Å²) in [5.41, 5.74) is 0.217. The number of fused-ring (bicyclic) bond motifs is 3. The first-order valence-electron chi connectivity index (χ1n) is 11.9. The van der Waals surface area contributed by atoms with Gasteiger partial charge >= 0.3 is 0 Å². The molecule has 1 amide bonds. The topological polar surface area (TPSA) is 158 Å². The van der Waals surface area contributed by atoms with Crippen molar-refractivity contribution in [3.05, 3.63) is 58.1 Å². The number of rotatable bonds is 5. The van der Waals surface area contributed by atoms with Crippen LogP contribution in [0, 0.1) is 20.9 Å². The quantitative estimate of drug-likeness (QED) is 0.261. The average Bonchev–Trinajstić information content (AvgIpc) is 3.27. The van der Waals surface area contributed by atoms with Crippen LogP contribution in [0.15, 0.2) is 57.6 Å². The number of hydrogen-bond donors (Lipinski definition) is 2. The van der Waals surface area contributed by atoms with Crippen LogP contribution in [0.1, 0.15) is 50.4 Å². The fourth-order valence-corrected chi connectivity index (χ4v) is 7.89. The monoisotopic (exact) mass is 525 g/mol. The summed E-state index contributed by atoms with van der Waals surface area (Å²) in [5.74, 6) is -1.14. The first-order chi connectivity index (χ1) is 17.3. The van der Waals surface area contributed by atoms with E-state index >= 15 is 0 Å². The third-order valence-corrected chi connectivity index (χ3v) is 9.17. The van der Waals surface area contributed by atoms with Crippen molar-refractivity contribution in [2.24, 2.45) is 21.1 Å². The summed E-state index contributed by atoms with van der Waals surface area (Å²) in [4.78, 5) is 25.8. The van der Waals surface area contributed by atoms with E-state index in [1.54, 1.807) is 4.31 Å². The summed E-state index contributed by atoms with van der Waals surface area (Å²) in [7, 11) is -3.74. The molecule has 1 aliphatic carbocycles. The fourth-order valence-electron chi connectivity index (χ4n) is 6.11. The molecule has 12 heteroatoms. The van der Waals surface area contributed by atoms with Crippen molar-refractivity contribution < 1.29 is 23.2 Å². The van der Waals surface area contributed by atoms with E-state index in [1.807, 2.05) is 0 Å². The standard InChI is InChI=1S/C25H27N5O6S/c1-24(2)11-17-12-25(3,13-24)14-29(17)37(35,36)18-7-4-15(5-8-18)22(31)28-27-21-19-10-16(30(33)34)6-9-20(19)26-23(21)32/h4-10,17,26,32H,11-14H2,1-3H3. The van der Waals surface area contributed by atoms with E-state index in [0.29, 0.717) is 12.1 Å². The van der Waals surface area contributed by atoms with Gasteiger partial charge in [-0.15, -0.1) is 10.2 Å². The molecule has 1 aromatic heterocycles. The number of nitro benzene ring substituents is 1. The molecule has 1 aliphatic heterocycles. The second-order valence-electron chi connectivity index (χ2n) is 11.1. The minimum Gasteiger partial charge on any atom is -0.493 e. The van der Waals surface area contributed by atoms with Gasteiger partial charge in [-0.25, -0.2) is 8.42 Å². The van der Waals surface area contributed by atoms with Crippen molar-refractivity contribution in [1.82, 2.24) is 9.29 Å². The van der Waals surface area contributed by atoms with Crippen molar-refractivity contribution in [3.63, 3.8) is 0 Å². The number of non-ortho nitro benzene ring substituents is 1. The van der Waals surface area contributed by atoms with Gasteiger partial charge in [-0.3, -0.25) is 14.9 Å². The van der Waals surface area contributed by atoms with Crippen LogP contribution in [0.4, 0.5) is 11.4 Å². The van der Waals surface area contributed by atoms with Crippen LogP contribution in [0.25, 0.3) is 10.9 Å². The van der Waals surface area contributed by atoms with Crippen molar-refractivity contribution in [2.45, 2.75) is 51.0 Å². The number of nitro groups is 1. The first-order valence-corrected chi connectivity index (χ1v) is 13.3. The molecule has 1 saturated carbocycles. The van der Waals surface area contributed by atoms with Crippen molar-refractivity contribution in [2.75, 3.05) is 6.54 Å². The number of aromatic nitrogens is 1. The highest BCUT2D eigenvalue weighted by Gasteiger charge is 2.53. The Kier molecular flexibility index (Phi) is 5.72. The van der Waals surface area contributed by atoms with E-state index in [9.17, 15) is 28.4 Å². The van der Waals surface area contributed by atoms with Crippen LogP contribution in [-0.4, -0.2) is 46.2 Å². The summed E-state index contributed by atoms with van der Waals surface area (Å²) in [6.45, 7) is 6.98. The third-order valence-electron chi connectivity index (χ3n) is 7.26. The van der Waals surface area contributed by atoms with Gasteiger partial charge in [0.25, 0.3) is 11.6 Å². The molecule has 2 fully saturated rings. The molecule has 2 heterocycles. The molecule has 2 aromatic carbocycles. The summed E-state index contributed by atoms with van der Waals surface area (Å²) < 4.78 is 28.5. The summed E-state index contributed by atoms with van der Waals surface area (Å²) >= 11 is 0. The number of carbonyl (C=O) groups is 1. The number of aromatic hydroxyl groups is 1.